The first-order valence-corrected chi connectivity index (χ1v) is 6.87. The zero-order valence-electron chi connectivity index (χ0n) is 12.7. The molecule has 1 unspecified atom stereocenters. The summed E-state index contributed by atoms with van der Waals surface area (Å²) in [6.07, 6.45) is 2.44. The van der Waals surface area contributed by atoms with Gasteiger partial charge in [0.25, 0.3) is 0 Å². The molecule has 2 N–H and O–H groups in total. The molecule has 0 aromatic carbocycles. The number of ether oxygens (including phenoxy) is 1. The average molecular weight is 258 g/mol. The highest BCUT2D eigenvalue weighted by atomic mass is 16.5. The first kappa shape index (κ1) is 17.4. The average Bonchev–Trinajstić information content (AvgIpc) is 2.34. The fraction of sp³-hybridized carbons (Fsp3) is 0.929. The van der Waals surface area contributed by atoms with Gasteiger partial charge in [-0.15, -0.1) is 0 Å². The molecule has 108 valence electrons. The first-order chi connectivity index (χ1) is 8.36. The van der Waals surface area contributed by atoms with Crippen LogP contribution in [0.15, 0.2) is 0 Å². The van der Waals surface area contributed by atoms with E-state index >= 15 is 0 Å². The van der Waals surface area contributed by atoms with Crippen molar-refractivity contribution in [3.63, 3.8) is 0 Å². The van der Waals surface area contributed by atoms with Crippen LogP contribution in [0.3, 0.4) is 0 Å². The number of carbonyl (C=O) groups excluding carboxylic acids is 1. The minimum atomic E-state index is -0.0162. The molecule has 4 heteroatoms. The topological polar surface area (TPSA) is 55.6 Å². The molecule has 0 aromatic heterocycles. The van der Waals surface area contributed by atoms with Crippen LogP contribution in [0.1, 0.15) is 47.0 Å². The van der Waals surface area contributed by atoms with Gasteiger partial charge in [0, 0.05) is 26.6 Å². The Morgan fingerprint density at radius 2 is 2.06 bits per heavy atom. The van der Waals surface area contributed by atoms with Crippen LogP contribution in [0, 0.1) is 5.41 Å². The van der Waals surface area contributed by atoms with E-state index in [4.69, 9.17) is 10.5 Å². The molecule has 0 heterocycles. The molecule has 0 fully saturated rings. The van der Waals surface area contributed by atoms with Crippen LogP contribution < -0.4 is 5.73 Å². The molecule has 0 radical (unpaired) electrons. The third kappa shape index (κ3) is 6.97. The zero-order chi connectivity index (χ0) is 14.2. The SMILES string of the molecule is CCCN(CC(C)(C)CN)C(=O)CCC(C)OC. The second-order valence-electron chi connectivity index (χ2n) is 5.77. The van der Waals surface area contributed by atoms with E-state index in [1.54, 1.807) is 7.11 Å². The van der Waals surface area contributed by atoms with Crippen molar-refractivity contribution in [3.05, 3.63) is 0 Å². The minimum Gasteiger partial charge on any atom is -0.382 e. The van der Waals surface area contributed by atoms with Gasteiger partial charge in [-0.25, -0.2) is 0 Å². The van der Waals surface area contributed by atoms with Crippen LogP contribution in [0.5, 0.6) is 0 Å². The summed E-state index contributed by atoms with van der Waals surface area (Å²) in [4.78, 5) is 14.1. The van der Waals surface area contributed by atoms with E-state index in [1.165, 1.54) is 0 Å². The number of carbonyl (C=O) groups is 1. The highest BCUT2D eigenvalue weighted by Crippen LogP contribution is 2.16. The van der Waals surface area contributed by atoms with Gasteiger partial charge < -0.3 is 15.4 Å². The summed E-state index contributed by atoms with van der Waals surface area (Å²) in [5.41, 5.74) is 5.72. The number of rotatable bonds is 9. The van der Waals surface area contributed by atoms with Crippen molar-refractivity contribution in [2.24, 2.45) is 11.1 Å². The third-order valence-electron chi connectivity index (χ3n) is 3.18. The molecule has 0 aliphatic heterocycles. The summed E-state index contributed by atoms with van der Waals surface area (Å²) in [6, 6.07) is 0. The molecule has 1 amide bonds. The van der Waals surface area contributed by atoms with Gasteiger partial charge in [-0.05, 0) is 31.7 Å². The molecule has 1 atom stereocenters. The molecular weight excluding hydrogens is 228 g/mol. The second-order valence-corrected chi connectivity index (χ2v) is 5.77. The zero-order valence-corrected chi connectivity index (χ0v) is 12.7. The highest BCUT2D eigenvalue weighted by molar-refractivity contribution is 5.76. The Morgan fingerprint density at radius 1 is 1.44 bits per heavy atom. The number of amides is 1. The molecule has 4 nitrogen and oxygen atoms in total. The lowest BCUT2D eigenvalue weighted by Gasteiger charge is -2.32. The molecular formula is C14H30N2O2. The monoisotopic (exact) mass is 258 g/mol. The van der Waals surface area contributed by atoms with Crippen molar-refractivity contribution in [1.82, 2.24) is 4.90 Å². The summed E-state index contributed by atoms with van der Waals surface area (Å²) < 4.78 is 5.17. The lowest BCUT2D eigenvalue weighted by Crippen LogP contribution is -2.42. The predicted molar refractivity (Wildman–Crippen MR) is 75.4 cm³/mol. The van der Waals surface area contributed by atoms with Crippen molar-refractivity contribution in [2.45, 2.75) is 53.1 Å². The van der Waals surface area contributed by atoms with E-state index in [0.29, 0.717) is 13.0 Å². The number of hydrogen-bond acceptors (Lipinski definition) is 3. The van der Waals surface area contributed by atoms with Gasteiger partial charge in [0.2, 0.25) is 5.91 Å². The predicted octanol–water partition coefficient (Wildman–Crippen LogP) is 2.02. The van der Waals surface area contributed by atoms with Crippen molar-refractivity contribution >= 4 is 5.91 Å². The molecule has 18 heavy (non-hydrogen) atoms. The van der Waals surface area contributed by atoms with Crippen molar-refractivity contribution in [3.8, 4) is 0 Å². The number of methoxy groups -OCH3 is 1. The van der Waals surface area contributed by atoms with E-state index in [9.17, 15) is 4.79 Å². The summed E-state index contributed by atoms with van der Waals surface area (Å²) in [5.74, 6) is 0.210. The van der Waals surface area contributed by atoms with Gasteiger partial charge in [0.1, 0.15) is 0 Å². The fourth-order valence-electron chi connectivity index (χ4n) is 1.75. The Balaban J connectivity index is 4.35. The van der Waals surface area contributed by atoms with Crippen molar-refractivity contribution in [1.29, 1.82) is 0 Å². The van der Waals surface area contributed by atoms with Crippen LogP contribution in [0.4, 0.5) is 0 Å². The Labute approximate surface area is 112 Å². The summed E-state index contributed by atoms with van der Waals surface area (Å²) in [7, 11) is 1.68. The summed E-state index contributed by atoms with van der Waals surface area (Å²) in [6.45, 7) is 10.4. The Kier molecular flexibility index (Phi) is 8.20. The standard InChI is InChI=1S/C14H30N2O2/c1-6-9-16(11-14(3,4)10-15)13(17)8-7-12(2)18-5/h12H,6-11,15H2,1-5H3. The molecule has 0 bridgehead atoms. The van der Waals surface area contributed by atoms with Crippen LogP contribution in [0.2, 0.25) is 0 Å². The van der Waals surface area contributed by atoms with Gasteiger partial charge in [0.15, 0.2) is 0 Å². The maximum atomic E-state index is 12.2. The molecule has 0 rings (SSSR count). The van der Waals surface area contributed by atoms with E-state index in [-0.39, 0.29) is 17.4 Å². The third-order valence-corrected chi connectivity index (χ3v) is 3.18. The van der Waals surface area contributed by atoms with Crippen molar-refractivity contribution < 1.29 is 9.53 Å². The summed E-state index contributed by atoms with van der Waals surface area (Å²) in [5, 5.41) is 0. The van der Waals surface area contributed by atoms with E-state index < -0.39 is 0 Å². The smallest absolute Gasteiger partial charge is 0.222 e. The van der Waals surface area contributed by atoms with Gasteiger partial charge in [-0.3, -0.25) is 4.79 Å². The molecule has 0 aliphatic rings. The Hall–Kier alpha value is -0.610. The lowest BCUT2D eigenvalue weighted by molar-refractivity contribution is -0.133. The van der Waals surface area contributed by atoms with Gasteiger partial charge >= 0.3 is 0 Å². The highest BCUT2D eigenvalue weighted by Gasteiger charge is 2.23. The molecule has 0 aromatic rings. The number of nitrogens with two attached hydrogens (primary N) is 1. The molecule has 0 saturated carbocycles. The van der Waals surface area contributed by atoms with Gasteiger partial charge in [-0.1, -0.05) is 20.8 Å². The van der Waals surface area contributed by atoms with E-state index in [2.05, 4.69) is 20.8 Å². The lowest BCUT2D eigenvalue weighted by atomic mass is 9.93. The molecule has 0 aliphatic carbocycles. The second kappa shape index (κ2) is 8.48. The summed E-state index contributed by atoms with van der Waals surface area (Å²) >= 11 is 0. The number of hydrogen-bond donors (Lipinski definition) is 1. The van der Waals surface area contributed by atoms with Crippen LogP contribution >= 0.6 is 0 Å². The Bertz CT molecular complexity index is 242. The molecule has 0 saturated heterocycles. The van der Waals surface area contributed by atoms with Crippen LogP contribution in [0.25, 0.3) is 0 Å². The van der Waals surface area contributed by atoms with Gasteiger partial charge in [0.05, 0.1) is 6.10 Å². The number of nitrogens with zero attached hydrogens (tertiary/aromatic N) is 1. The van der Waals surface area contributed by atoms with Crippen LogP contribution in [-0.4, -0.2) is 43.7 Å². The maximum Gasteiger partial charge on any atom is 0.222 e. The quantitative estimate of drug-likeness (QED) is 0.688. The normalized spacial score (nSPS) is 13.4. The van der Waals surface area contributed by atoms with Gasteiger partial charge in [-0.2, -0.15) is 0 Å². The van der Waals surface area contributed by atoms with Crippen LogP contribution in [-0.2, 0) is 9.53 Å². The molecule has 0 spiro atoms. The fourth-order valence-corrected chi connectivity index (χ4v) is 1.75. The first-order valence-electron chi connectivity index (χ1n) is 6.87. The minimum absolute atomic E-state index is 0.0162. The van der Waals surface area contributed by atoms with Crippen molar-refractivity contribution in [2.75, 3.05) is 26.7 Å². The van der Waals surface area contributed by atoms with E-state index in [1.807, 2.05) is 11.8 Å². The maximum absolute atomic E-state index is 12.2. The largest absolute Gasteiger partial charge is 0.382 e. The Morgan fingerprint density at radius 3 is 2.50 bits per heavy atom. The van der Waals surface area contributed by atoms with E-state index in [0.717, 1.165) is 25.9 Å².